The molecule has 6 nitrogen and oxygen atoms in total. The molecule has 0 radical (unpaired) electrons. The lowest BCUT2D eigenvalue weighted by Crippen LogP contribution is -2.40. The van der Waals surface area contributed by atoms with Gasteiger partial charge in [-0.3, -0.25) is 9.54 Å². The molecule has 1 N–H and O–H groups in total. The lowest BCUT2D eigenvalue weighted by atomic mass is 10.1. The zero-order valence-electron chi connectivity index (χ0n) is 10.4. The fourth-order valence-electron chi connectivity index (χ4n) is 1.65. The van der Waals surface area contributed by atoms with Crippen LogP contribution in [-0.4, -0.2) is 28.8 Å². The maximum atomic E-state index is 10.6. The van der Waals surface area contributed by atoms with E-state index in [1.807, 2.05) is 25.1 Å². The highest BCUT2D eigenvalue weighted by atomic mass is 32.2. The zero-order valence-corrected chi connectivity index (χ0v) is 11.2. The molecule has 0 aliphatic heterocycles. The van der Waals surface area contributed by atoms with Crippen LogP contribution in [0.3, 0.4) is 0 Å². The fraction of sp³-hybridized carbons (Fsp3) is 0.250. The molecule has 2 aromatic heterocycles. The van der Waals surface area contributed by atoms with E-state index < -0.39 is 10.1 Å². The minimum atomic E-state index is -3.96. The molecular weight excluding hydrogens is 266 g/mol. The minimum absolute atomic E-state index is 0.111. The lowest BCUT2D eigenvalue weighted by Gasteiger charge is -2.02. The molecule has 2 aromatic rings. The Hall–Kier alpha value is -1.86. The second kappa shape index (κ2) is 5.41. The minimum Gasteiger partial charge on any atom is -0.285 e. The highest BCUT2D eigenvalue weighted by molar-refractivity contribution is 7.85. The van der Waals surface area contributed by atoms with Gasteiger partial charge in [-0.1, -0.05) is 10.7 Å². The van der Waals surface area contributed by atoms with E-state index >= 15 is 0 Å². The second-order valence-electron chi connectivity index (χ2n) is 4.13. The van der Waals surface area contributed by atoms with Crippen LogP contribution in [0.5, 0.6) is 0 Å². The molecule has 0 aliphatic carbocycles. The molecule has 0 spiro atoms. The number of aromatic nitrogens is 3. The summed E-state index contributed by atoms with van der Waals surface area (Å²) in [5, 5.41) is 4.10. The van der Waals surface area contributed by atoms with E-state index in [1.54, 1.807) is 18.6 Å². The molecule has 0 fully saturated rings. The van der Waals surface area contributed by atoms with E-state index in [9.17, 15) is 8.42 Å². The van der Waals surface area contributed by atoms with Gasteiger partial charge in [-0.25, -0.2) is 0 Å². The van der Waals surface area contributed by atoms with E-state index in [4.69, 9.17) is 4.55 Å². The van der Waals surface area contributed by atoms with E-state index in [1.165, 1.54) is 4.68 Å². The molecular formula is C12H14N3O3S+. The van der Waals surface area contributed by atoms with Gasteiger partial charge in [0.2, 0.25) is 0 Å². The number of hydrogen-bond donors (Lipinski definition) is 1. The van der Waals surface area contributed by atoms with Crippen LogP contribution in [0.4, 0.5) is 0 Å². The van der Waals surface area contributed by atoms with Gasteiger partial charge in [-0.2, -0.15) is 8.42 Å². The van der Waals surface area contributed by atoms with Crippen LogP contribution < -0.4 is 4.68 Å². The summed E-state index contributed by atoms with van der Waals surface area (Å²) in [7, 11) is -3.96. The first-order valence-corrected chi connectivity index (χ1v) is 7.29. The molecule has 0 saturated carbocycles. The molecule has 2 rings (SSSR count). The van der Waals surface area contributed by atoms with Crippen LogP contribution in [0.25, 0.3) is 11.3 Å². The van der Waals surface area contributed by atoms with Gasteiger partial charge < -0.3 is 0 Å². The third-order valence-corrected chi connectivity index (χ3v) is 3.33. The Balaban J connectivity index is 2.17. The number of rotatable bonds is 4. The fourth-order valence-corrected chi connectivity index (χ4v) is 2.07. The summed E-state index contributed by atoms with van der Waals surface area (Å²) < 4.78 is 31.4. The zero-order chi connectivity index (χ0) is 13.9. The Kier molecular flexibility index (Phi) is 3.87. The van der Waals surface area contributed by atoms with Crippen LogP contribution in [0.2, 0.25) is 0 Å². The van der Waals surface area contributed by atoms with E-state index in [2.05, 4.69) is 10.1 Å². The van der Waals surface area contributed by atoms with Gasteiger partial charge in [0.1, 0.15) is 11.9 Å². The monoisotopic (exact) mass is 280 g/mol. The standard InChI is InChI=1S/C12H13N3O3S/c1-10-3-2-5-13-12(10)11-4-6-15(14-9-11)7-8-19(16,17)18/h2-6,9H,7-8H2,1H3/p+1. The first-order chi connectivity index (χ1) is 8.96. The topological polar surface area (TPSA) is 84.0 Å². The summed E-state index contributed by atoms with van der Waals surface area (Å²) >= 11 is 0. The van der Waals surface area contributed by atoms with E-state index in [0.29, 0.717) is 0 Å². The Morgan fingerprint density at radius 2 is 2.16 bits per heavy atom. The van der Waals surface area contributed by atoms with Crippen molar-refractivity contribution in [3.63, 3.8) is 0 Å². The largest absolute Gasteiger partial charge is 0.285 e. The number of pyridine rings is 1. The van der Waals surface area contributed by atoms with Crippen molar-refractivity contribution in [1.82, 2.24) is 10.1 Å². The van der Waals surface area contributed by atoms with Gasteiger partial charge >= 0.3 is 0 Å². The van der Waals surface area contributed by atoms with Crippen molar-refractivity contribution in [2.75, 3.05) is 5.75 Å². The summed E-state index contributed by atoms with van der Waals surface area (Å²) in [6, 6.07) is 5.63. The van der Waals surface area contributed by atoms with Gasteiger partial charge in [-0.15, -0.1) is 0 Å². The van der Waals surface area contributed by atoms with Crippen molar-refractivity contribution in [3.8, 4) is 11.3 Å². The number of aryl methyl sites for hydroxylation is 2. The third-order valence-electron chi connectivity index (χ3n) is 2.63. The predicted octanol–water partition coefficient (Wildman–Crippen LogP) is 0.627. The Bertz CT molecular complexity index is 669. The molecule has 0 aliphatic rings. The second-order valence-corrected chi connectivity index (χ2v) is 5.71. The van der Waals surface area contributed by atoms with Crippen LogP contribution >= 0.6 is 0 Å². The Morgan fingerprint density at radius 3 is 2.74 bits per heavy atom. The highest BCUT2D eigenvalue weighted by Gasteiger charge is 2.12. The third kappa shape index (κ3) is 3.80. The smallest absolute Gasteiger partial charge is 0.271 e. The maximum absolute atomic E-state index is 10.6. The quantitative estimate of drug-likeness (QED) is 0.656. The molecule has 2 heterocycles. The van der Waals surface area contributed by atoms with Gasteiger partial charge in [0.15, 0.2) is 12.7 Å². The SMILES string of the molecule is Cc1cccnc1-c1cc[n+](CCS(=O)(=O)O)nc1. The first-order valence-electron chi connectivity index (χ1n) is 5.69. The van der Waals surface area contributed by atoms with Gasteiger partial charge in [0.05, 0.1) is 5.69 Å². The summed E-state index contributed by atoms with van der Waals surface area (Å²) in [5.41, 5.74) is 2.75. The van der Waals surface area contributed by atoms with Crippen LogP contribution in [0, 0.1) is 6.92 Å². The average molecular weight is 280 g/mol. The predicted molar refractivity (Wildman–Crippen MR) is 68.8 cm³/mol. The molecule has 0 amide bonds. The number of hydrogen-bond acceptors (Lipinski definition) is 4. The summed E-state index contributed by atoms with van der Waals surface area (Å²) in [5.74, 6) is -0.355. The Morgan fingerprint density at radius 1 is 1.37 bits per heavy atom. The van der Waals surface area contributed by atoms with Crippen molar-refractivity contribution in [2.45, 2.75) is 13.5 Å². The number of nitrogens with zero attached hydrogens (tertiary/aromatic N) is 3. The molecule has 0 bridgehead atoms. The summed E-state index contributed by atoms with van der Waals surface area (Å²) in [4.78, 5) is 4.28. The van der Waals surface area contributed by atoms with Gasteiger partial charge in [0.25, 0.3) is 10.1 Å². The first kappa shape index (κ1) is 13.6. The molecule has 0 aromatic carbocycles. The van der Waals surface area contributed by atoms with E-state index in [0.717, 1.165) is 16.8 Å². The van der Waals surface area contributed by atoms with Crippen LogP contribution in [0.1, 0.15) is 5.56 Å². The molecule has 0 atom stereocenters. The van der Waals surface area contributed by atoms with Crippen LogP contribution in [-0.2, 0) is 16.7 Å². The normalized spacial score (nSPS) is 11.5. The summed E-state index contributed by atoms with van der Waals surface area (Å²) in [6.07, 6.45) is 5.00. The maximum Gasteiger partial charge on any atom is 0.271 e. The highest BCUT2D eigenvalue weighted by Crippen LogP contribution is 2.17. The lowest BCUT2D eigenvalue weighted by molar-refractivity contribution is -0.750. The van der Waals surface area contributed by atoms with Crippen molar-refractivity contribution in [3.05, 3.63) is 42.4 Å². The summed E-state index contributed by atoms with van der Waals surface area (Å²) in [6.45, 7) is 2.07. The Labute approximate surface area is 111 Å². The van der Waals surface area contributed by atoms with Crippen molar-refractivity contribution in [2.24, 2.45) is 0 Å². The molecule has 7 heteroatoms. The average Bonchev–Trinajstić information content (AvgIpc) is 2.37. The van der Waals surface area contributed by atoms with Gasteiger partial charge in [0, 0.05) is 17.8 Å². The van der Waals surface area contributed by atoms with Crippen molar-refractivity contribution >= 4 is 10.1 Å². The molecule has 0 saturated heterocycles. The van der Waals surface area contributed by atoms with Crippen molar-refractivity contribution in [1.29, 1.82) is 0 Å². The van der Waals surface area contributed by atoms with Gasteiger partial charge in [-0.05, 0) is 23.7 Å². The molecule has 19 heavy (non-hydrogen) atoms. The molecule has 0 unspecified atom stereocenters. The van der Waals surface area contributed by atoms with Crippen LogP contribution in [0.15, 0.2) is 36.8 Å². The molecule has 100 valence electrons. The van der Waals surface area contributed by atoms with Crippen molar-refractivity contribution < 1.29 is 17.7 Å². The van der Waals surface area contributed by atoms with E-state index in [-0.39, 0.29) is 12.3 Å².